The Morgan fingerprint density at radius 1 is 1.14 bits per heavy atom. The van der Waals surface area contributed by atoms with Crippen molar-refractivity contribution in [2.24, 2.45) is 0 Å². The highest BCUT2D eigenvalue weighted by Crippen LogP contribution is 2.48. The molecule has 0 N–H and O–H groups in total. The lowest BCUT2D eigenvalue weighted by atomic mass is 9.86. The van der Waals surface area contributed by atoms with Gasteiger partial charge in [0.25, 0.3) is 0 Å². The molecule has 0 aromatic heterocycles. The molecule has 0 aliphatic heterocycles. The molecule has 14 heavy (non-hydrogen) atoms. The fourth-order valence-corrected chi connectivity index (χ4v) is 5.16. The minimum atomic E-state index is -1.43. The number of hydrogen-bond acceptors (Lipinski definition) is 2. The van der Waals surface area contributed by atoms with Gasteiger partial charge in [0, 0.05) is 18.8 Å². The van der Waals surface area contributed by atoms with Gasteiger partial charge in [-0.25, -0.2) is 0 Å². The van der Waals surface area contributed by atoms with Gasteiger partial charge in [-0.1, -0.05) is 26.2 Å². The van der Waals surface area contributed by atoms with E-state index in [9.17, 15) is 0 Å². The van der Waals surface area contributed by atoms with Crippen LogP contribution in [0.4, 0.5) is 0 Å². The molecule has 0 bridgehead atoms. The zero-order valence-corrected chi connectivity index (χ0v) is 11.0. The van der Waals surface area contributed by atoms with Crippen LogP contribution in [0.2, 0.25) is 5.04 Å². The fourth-order valence-electron chi connectivity index (χ4n) is 2.66. The Kier molecular flexibility index (Phi) is 5.13. The third kappa shape index (κ3) is 2.58. The molecular weight excluding hydrogens is 192 g/mol. The maximum absolute atomic E-state index is 5.84. The molecule has 2 nitrogen and oxygen atoms in total. The van der Waals surface area contributed by atoms with Gasteiger partial charge in [-0.3, -0.25) is 0 Å². The molecule has 0 aromatic rings. The predicted molar refractivity (Wildman–Crippen MR) is 61.9 cm³/mol. The van der Waals surface area contributed by atoms with E-state index in [1.54, 1.807) is 0 Å². The van der Waals surface area contributed by atoms with Crippen LogP contribution in [0.25, 0.3) is 0 Å². The highest BCUT2D eigenvalue weighted by molar-refractivity contribution is 6.48. The highest BCUT2D eigenvalue weighted by Gasteiger charge is 2.41. The van der Waals surface area contributed by atoms with Gasteiger partial charge < -0.3 is 8.85 Å². The Labute approximate surface area is 89.8 Å². The maximum atomic E-state index is 5.84. The Bertz CT molecular complexity index is 155. The summed E-state index contributed by atoms with van der Waals surface area (Å²) in [5.74, 6) is 0. The Morgan fingerprint density at radius 2 is 1.79 bits per heavy atom. The molecule has 1 aliphatic carbocycles. The number of hydrogen-bond donors (Lipinski definition) is 0. The predicted octanol–water partition coefficient (Wildman–Crippen LogP) is 3.00. The van der Waals surface area contributed by atoms with Crippen molar-refractivity contribution in [1.82, 2.24) is 0 Å². The second-order valence-electron chi connectivity index (χ2n) is 4.30. The first-order chi connectivity index (χ1) is 6.79. The lowest BCUT2D eigenvalue weighted by molar-refractivity contribution is 0.184. The molecule has 3 heteroatoms. The lowest BCUT2D eigenvalue weighted by Gasteiger charge is -2.40. The summed E-state index contributed by atoms with van der Waals surface area (Å²) in [4.78, 5) is 0. The minimum Gasteiger partial charge on any atom is -0.400 e. The van der Waals surface area contributed by atoms with Crippen molar-refractivity contribution in [3.05, 3.63) is 0 Å². The molecule has 0 radical (unpaired) electrons. The van der Waals surface area contributed by atoms with Crippen molar-refractivity contribution in [3.63, 3.8) is 0 Å². The van der Waals surface area contributed by atoms with Gasteiger partial charge in [0.05, 0.1) is 0 Å². The van der Waals surface area contributed by atoms with Crippen molar-refractivity contribution in [2.75, 3.05) is 13.7 Å². The van der Waals surface area contributed by atoms with Crippen LogP contribution in [-0.4, -0.2) is 23.0 Å². The summed E-state index contributed by atoms with van der Waals surface area (Å²) < 4.78 is 11.5. The van der Waals surface area contributed by atoms with Crippen LogP contribution >= 0.6 is 0 Å². The molecule has 0 spiro atoms. The van der Waals surface area contributed by atoms with Crippen molar-refractivity contribution in [1.29, 1.82) is 0 Å². The van der Waals surface area contributed by atoms with Crippen LogP contribution < -0.4 is 0 Å². The van der Waals surface area contributed by atoms with Gasteiger partial charge in [-0.15, -0.1) is 0 Å². The van der Waals surface area contributed by atoms with E-state index >= 15 is 0 Å². The van der Waals surface area contributed by atoms with E-state index < -0.39 is 9.28 Å². The molecule has 1 fully saturated rings. The van der Waals surface area contributed by atoms with E-state index in [1.807, 2.05) is 7.11 Å². The van der Waals surface area contributed by atoms with E-state index in [1.165, 1.54) is 38.5 Å². The largest absolute Gasteiger partial charge is 0.400 e. The van der Waals surface area contributed by atoms with Crippen LogP contribution in [0, 0.1) is 0 Å². The van der Waals surface area contributed by atoms with Crippen LogP contribution in [0.5, 0.6) is 0 Å². The number of rotatable bonds is 5. The molecule has 1 rings (SSSR count). The van der Waals surface area contributed by atoms with Gasteiger partial charge in [0.1, 0.15) is 0 Å². The van der Waals surface area contributed by atoms with Gasteiger partial charge in [-0.2, -0.15) is 0 Å². The van der Waals surface area contributed by atoms with Crippen molar-refractivity contribution in [3.8, 4) is 0 Å². The molecular formula is C11H24O2Si. The second-order valence-corrected chi connectivity index (χ2v) is 6.99. The molecule has 0 amide bonds. The first-order valence-corrected chi connectivity index (χ1v) is 7.45. The summed E-state index contributed by atoms with van der Waals surface area (Å²) in [7, 11) is 0.402. The van der Waals surface area contributed by atoms with E-state index in [4.69, 9.17) is 8.85 Å². The molecule has 0 heterocycles. The van der Waals surface area contributed by atoms with E-state index in [2.05, 4.69) is 13.8 Å². The summed E-state index contributed by atoms with van der Waals surface area (Å²) in [6, 6.07) is 0. The summed E-state index contributed by atoms with van der Waals surface area (Å²) >= 11 is 0. The first kappa shape index (κ1) is 12.2. The smallest absolute Gasteiger partial charge is 0.327 e. The van der Waals surface area contributed by atoms with Crippen LogP contribution in [0.1, 0.15) is 52.4 Å². The van der Waals surface area contributed by atoms with Crippen molar-refractivity contribution in [2.45, 2.75) is 57.4 Å². The summed E-state index contributed by atoms with van der Waals surface area (Å²) in [6.07, 6.45) is 8.03. The van der Waals surface area contributed by atoms with Crippen molar-refractivity contribution < 1.29 is 8.85 Å². The zero-order chi connectivity index (χ0) is 10.4. The SMILES string of the molecule is CCO[SiH](OC)C1(CC)CCCCC1. The average Bonchev–Trinajstić information content (AvgIpc) is 2.27. The van der Waals surface area contributed by atoms with Gasteiger partial charge >= 0.3 is 9.28 Å². The molecule has 1 saturated carbocycles. The third-order valence-corrected chi connectivity index (χ3v) is 6.64. The van der Waals surface area contributed by atoms with E-state index in [-0.39, 0.29) is 0 Å². The van der Waals surface area contributed by atoms with Gasteiger partial charge in [0.2, 0.25) is 0 Å². The molecule has 1 aliphatic rings. The Morgan fingerprint density at radius 3 is 2.21 bits per heavy atom. The Balaban J connectivity index is 2.63. The van der Waals surface area contributed by atoms with Gasteiger partial charge in [-0.05, 0) is 26.2 Å². The average molecular weight is 216 g/mol. The molecule has 0 aromatic carbocycles. The first-order valence-electron chi connectivity index (χ1n) is 5.93. The quantitative estimate of drug-likeness (QED) is 0.658. The monoisotopic (exact) mass is 216 g/mol. The second kappa shape index (κ2) is 5.88. The van der Waals surface area contributed by atoms with Crippen LogP contribution in [0.3, 0.4) is 0 Å². The van der Waals surface area contributed by atoms with Crippen LogP contribution in [0.15, 0.2) is 0 Å². The Hall–Kier alpha value is 0.137. The maximum Gasteiger partial charge on any atom is 0.327 e. The molecule has 1 atom stereocenters. The lowest BCUT2D eigenvalue weighted by Crippen LogP contribution is -2.39. The highest BCUT2D eigenvalue weighted by atomic mass is 28.3. The minimum absolute atomic E-state index is 0.434. The van der Waals surface area contributed by atoms with Crippen molar-refractivity contribution >= 4 is 9.28 Å². The molecule has 1 unspecified atom stereocenters. The third-order valence-electron chi connectivity index (χ3n) is 3.59. The summed E-state index contributed by atoms with van der Waals surface area (Å²) in [6.45, 7) is 5.18. The van der Waals surface area contributed by atoms with Crippen LogP contribution in [-0.2, 0) is 8.85 Å². The fraction of sp³-hybridized carbons (Fsp3) is 1.00. The van der Waals surface area contributed by atoms with E-state index in [0.717, 1.165) is 6.61 Å². The van der Waals surface area contributed by atoms with Gasteiger partial charge in [0.15, 0.2) is 0 Å². The summed E-state index contributed by atoms with van der Waals surface area (Å²) in [5.41, 5.74) is 0. The molecule has 84 valence electrons. The van der Waals surface area contributed by atoms with E-state index in [0.29, 0.717) is 5.04 Å². The topological polar surface area (TPSA) is 18.5 Å². The molecule has 0 saturated heterocycles. The zero-order valence-electron chi connectivity index (χ0n) is 9.84. The summed E-state index contributed by atoms with van der Waals surface area (Å²) in [5, 5.41) is 0.434. The normalized spacial score (nSPS) is 23.4. The standard InChI is InChI=1S/C11H24O2Si/c1-4-11(9-7-6-8-10-11)14(12-3)13-5-2/h14H,4-10H2,1-3H3.